The molecule has 1 aliphatic rings. The number of alkyl halides is 3. The zero-order valence-electron chi connectivity index (χ0n) is 13.1. The maximum absolute atomic E-state index is 12.6. The van der Waals surface area contributed by atoms with Crippen molar-refractivity contribution in [2.24, 2.45) is 5.92 Å². The van der Waals surface area contributed by atoms with Crippen LogP contribution in [0.25, 0.3) is 0 Å². The highest BCUT2D eigenvalue weighted by Crippen LogP contribution is 2.30. The SMILES string of the molecule is Cl.O=C(CC1CCNCC1)NCC(O)c1cccc(C(F)(F)F)c1. The lowest BCUT2D eigenvalue weighted by atomic mass is 9.94. The van der Waals surface area contributed by atoms with Crippen LogP contribution >= 0.6 is 12.4 Å². The van der Waals surface area contributed by atoms with Crippen molar-refractivity contribution in [3.05, 3.63) is 35.4 Å². The first kappa shape index (κ1) is 20.7. The van der Waals surface area contributed by atoms with Gasteiger partial charge in [-0.3, -0.25) is 4.79 Å². The van der Waals surface area contributed by atoms with E-state index in [4.69, 9.17) is 0 Å². The van der Waals surface area contributed by atoms with Crippen LogP contribution in [0.1, 0.15) is 36.5 Å². The lowest BCUT2D eigenvalue weighted by molar-refractivity contribution is -0.137. The number of benzene rings is 1. The summed E-state index contributed by atoms with van der Waals surface area (Å²) in [6.45, 7) is 1.70. The minimum Gasteiger partial charge on any atom is -0.387 e. The first-order valence-electron chi connectivity index (χ1n) is 7.69. The summed E-state index contributed by atoms with van der Waals surface area (Å²) < 4.78 is 37.9. The number of hydrogen-bond acceptors (Lipinski definition) is 3. The number of halogens is 4. The van der Waals surface area contributed by atoms with E-state index < -0.39 is 17.8 Å². The highest BCUT2D eigenvalue weighted by atomic mass is 35.5. The smallest absolute Gasteiger partial charge is 0.387 e. The van der Waals surface area contributed by atoms with Crippen LogP contribution in [0, 0.1) is 5.92 Å². The first-order chi connectivity index (χ1) is 10.9. The molecular weight excluding hydrogens is 345 g/mol. The van der Waals surface area contributed by atoms with Crippen LogP contribution in [0.4, 0.5) is 13.2 Å². The van der Waals surface area contributed by atoms with Crippen LogP contribution in [0.15, 0.2) is 24.3 Å². The lowest BCUT2D eigenvalue weighted by Gasteiger charge is -2.22. The highest BCUT2D eigenvalue weighted by molar-refractivity contribution is 5.85. The molecule has 0 aromatic heterocycles. The lowest BCUT2D eigenvalue weighted by Crippen LogP contribution is -2.33. The molecule has 136 valence electrons. The van der Waals surface area contributed by atoms with Crippen molar-refractivity contribution in [3.63, 3.8) is 0 Å². The molecule has 1 amide bonds. The Labute approximate surface area is 145 Å². The Hall–Kier alpha value is -1.31. The fraction of sp³-hybridized carbons (Fsp3) is 0.562. The number of nitrogens with one attached hydrogen (secondary N) is 2. The van der Waals surface area contributed by atoms with Crippen LogP contribution < -0.4 is 10.6 Å². The van der Waals surface area contributed by atoms with Gasteiger partial charge in [0.1, 0.15) is 0 Å². The summed E-state index contributed by atoms with van der Waals surface area (Å²) in [5, 5.41) is 15.8. The summed E-state index contributed by atoms with van der Waals surface area (Å²) in [6.07, 6.45) is -3.35. The van der Waals surface area contributed by atoms with E-state index >= 15 is 0 Å². The molecule has 1 fully saturated rings. The predicted molar refractivity (Wildman–Crippen MR) is 86.9 cm³/mol. The second-order valence-electron chi connectivity index (χ2n) is 5.84. The van der Waals surface area contributed by atoms with E-state index in [1.165, 1.54) is 12.1 Å². The van der Waals surface area contributed by atoms with Gasteiger partial charge in [-0.1, -0.05) is 12.1 Å². The van der Waals surface area contributed by atoms with Crippen molar-refractivity contribution < 1.29 is 23.1 Å². The Balaban J connectivity index is 0.00000288. The molecule has 1 unspecified atom stereocenters. The largest absolute Gasteiger partial charge is 0.416 e. The van der Waals surface area contributed by atoms with Gasteiger partial charge in [-0.2, -0.15) is 13.2 Å². The maximum Gasteiger partial charge on any atom is 0.416 e. The van der Waals surface area contributed by atoms with Crippen LogP contribution in [-0.2, 0) is 11.0 Å². The van der Waals surface area contributed by atoms with E-state index in [1.807, 2.05) is 0 Å². The summed E-state index contributed by atoms with van der Waals surface area (Å²) in [5.74, 6) is 0.143. The molecule has 0 radical (unpaired) electrons. The molecule has 1 heterocycles. The third-order valence-corrected chi connectivity index (χ3v) is 4.02. The average molecular weight is 367 g/mol. The second-order valence-corrected chi connectivity index (χ2v) is 5.84. The molecule has 0 bridgehead atoms. The fourth-order valence-electron chi connectivity index (χ4n) is 2.67. The molecule has 4 nitrogen and oxygen atoms in total. The molecule has 0 aliphatic carbocycles. The molecule has 0 spiro atoms. The summed E-state index contributed by atoms with van der Waals surface area (Å²) in [4.78, 5) is 11.9. The van der Waals surface area contributed by atoms with E-state index in [1.54, 1.807) is 0 Å². The third-order valence-electron chi connectivity index (χ3n) is 4.02. The molecule has 8 heteroatoms. The number of aliphatic hydroxyl groups excluding tert-OH is 1. The van der Waals surface area contributed by atoms with Crippen molar-refractivity contribution in [2.45, 2.75) is 31.5 Å². The van der Waals surface area contributed by atoms with E-state index in [-0.39, 0.29) is 30.4 Å². The zero-order chi connectivity index (χ0) is 16.9. The van der Waals surface area contributed by atoms with Crippen LogP contribution in [0.5, 0.6) is 0 Å². The summed E-state index contributed by atoms with van der Waals surface area (Å²) in [5.41, 5.74) is -0.669. The molecule has 3 N–H and O–H groups in total. The summed E-state index contributed by atoms with van der Waals surface area (Å²) in [7, 11) is 0. The quantitative estimate of drug-likeness (QED) is 0.750. The fourth-order valence-corrected chi connectivity index (χ4v) is 2.67. The minimum atomic E-state index is -4.45. The number of piperidine rings is 1. The van der Waals surface area contributed by atoms with Gasteiger partial charge in [-0.25, -0.2) is 0 Å². The van der Waals surface area contributed by atoms with Crippen molar-refractivity contribution >= 4 is 18.3 Å². The van der Waals surface area contributed by atoms with Gasteiger partial charge >= 0.3 is 6.18 Å². The van der Waals surface area contributed by atoms with Gasteiger partial charge in [0, 0.05) is 13.0 Å². The number of carbonyl (C=O) groups is 1. The maximum atomic E-state index is 12.6. The van der Waals surface area contributed by atoms with Crippen LogP contribution in [-0.4, -0.2) is 30.6 Å². The minimum absolute atomic E-state index is 0. The van der Waals surface area contributed by atoms with Crippen LogP contribution in [0.2, 0.25) is 0 Å². The van der Waals surface area contributed by atoms with E-state index in [0.717, 1.165) is 38.1 Å². The van der Waals surface area contributed by atoms with Crippen molar-refractivity contribution in [3.8, 4) is 0 Å². The highest BCUT2D eigenvalue weighted by Gasteiger charge is 2.30. The molecule has 1 aromatic carbocycles. The van der Waals surface area contributed by atoms with Gasteiger partial charge in [0.15, 0.2) is 0 Å². The Bertz CT molecular complexity index is 534. The molecule has 1 saturated heterocycles. The topological polar surface area (TPSA) is 61.4 Å². The molecule has 1 aliphatic heterocycles. The number of amides is 1. The monoisotopic (exact) mass is 366 g/mol. The molecule has 0 saturated carbocycles. The van der Waals surface area contributed by atoms with Gasteiger partial charge in [0.25, 0.3) is 0 Å². The Morgan fingerprint density at radius 2 is 2.00 bits per heavy atom. The number of rotatable bonds is 5. The molecule has 1 aromatic rings. The average Bonchev–Trinajstić information content (AvgIpc) is 2.53. The van der Waals surface area contributed by atoms with Gasteiger partial charge in [0.2, 0.25) is 5.91 Å². The van der Waals surface area contributed by atoms with E-state index in [9.17, 15) is 23.1 Å². The summed E-state index contributed by atoms with van der Waals surface area (Å²) in [6, 6.07) is 4.52. The standard InChI is InChI=1S/C16H21F3N2O2.ClH/c17-16(18,19)13-3-1-2-12(9-13)14(22)10-21-15(23)8-11-4-6-20-7-5-11;/h1-3,9,11,14,20,22H,4-8,10H2,(H,21,23);1H. The molecule has 2 rings (SSSR count). The van der Waals surface area contributed by atoms with Crippen molar-refractivity contribution in [2.75, 3.05) is 19.6 Å². The number of hydrogen-bond donors (Lipinski definition) is 3. The van der Waals surface area contributed by atoms with Gasteiger partial charge in [-0.15, -0.1) is 12.4 Å². The Morgan fingerprint density at radius 1 is 1.33 bits per heavy atom. The third kappa shape index (κ3) is 6.30. The normalized spacial score (nSPS) is 17.0. The molecule has 1 atom stereocenters. The number of carbonyl (C=O) groups excluding carboxylic acids is 1. The van der Waals surface area contributed by atoms with E-state index in [0.29, 0.717) is 12.3 Å². The first-order valence-corrected chi connectivity index (χ1v) is 7.69. The van der Waals surface area contributed by atoms with Gasteiger partial charge < -0.3 is 15.7 Å². The number of aliphatic hydroxyl groups is 1. The van der Waals surface area contributed by atoms with Gasteiger partial charge in [0.05, 0.1) is 11.7 Å². The molecular formula is C16H22ClF3N2O2. The van der Waals surface area contributed by atoms with Gasteiger partial charge in [-0.05, 0) is 49.5 Å². The second kappa shape index (κ2) is 9.25. The summed E-state index contributed by atoms with van der Waals surface area (Å²) >= 11 is 0. The van der Waals surface area contributed by atoms with Crippen molar-refractivity contribution in [1.29, 1.82) is 0 Å². The Kier molecular flexibility index (Phi) is 7.99. The van der Waals surface area contributed by atoms with E-state index in [2.05, 4.69) is 10.6 Å². The predicted octanol–water partition coefficient (Wildman–Crippen LogP) is 2.67. The molecule has 24 heavy (non-hydrogen) atoms. The van der Waals surface area contributed by atoms with Crippen LogP contribution in [0.3, 0.4) is 0 Å². The zero-order valence-corrected chi connectivity index (χ0v) is 13.9. The van der Waals surface area contributed by atoms with Crippen molar-refractivity contribution in [1.82, 2.24) is 10.6 Å². The Morgan fingerprint density at radius 3 is 2.62 bits per heavy atom.